The first kappa shape index (κ1) is 54.1. The Balaban J connectivity index is 0.919. The maximum Gasteiger partial charge on any atom is 0.325 e. The number of nitrogens with one attached hydrogen (secondary N) is 3. The van der Waals surface area contributed by atoms with Crippen LogP contribution in [-0.2, 0) is 38.3 Å². The summed E-state index contributed by atoms with van der Waals surface area (Å²) < 4.78 is 6.06. The Morgan fingerprint density at radius 1 is 0.803 bits per heavy atom. The van der Waals surface area contributed by atoms with Gasteiger partial charge in [-0.3, -0.25) is 33.6 Å². The van der Waals surface area contributed by atoms with Gasteiger partial charge in [-0.2, -0.15) is 0 Å². The summed E-state index contributed by atoms with van der Waals surface area (Å²) in [6, 6.07) is -3.93. The van der Waals surface area contributed by atoms with Crippen molar-refractivity contribution in [1.82, 2.24) is 30.7 Å². The number of hydrogen-bond donors (Lipinski definition) is 4. The molecule has 5 N–H and O–H groups in total. The van der Waals surface area contributed by atoms with E-state index in [4.69, 9.17) is 10.5 Å². The van der Waals surface area contributed by atoms with E-state index in [2.05, 4.69) is 56.6 Å². The number of carbonyl (C=O) groups excluding carboxylic acids is 7. The monoisotopic (exact) mass is 986 g/mol. The summed E-state index contributed by atoms with van der Waals surface area (Å²) >= 11 is 0. The third-order valence-electron chi connectivity index (χ3n) is 18.3. The fourth-order valence-corrected chi connectivity index (χ4v) is 14.6. The first-order valence-corrected chi connectivity index (χ1v) is 27.5. The van der Waals surface area contributed by atoms with Crippen molar-refractivity contribution in [3.8, 4) is 0 Å². The first-order chi connectivity index (χ1) is 33.7. The van der Waals surface area contributed by atoms with Crippen molar-refractivity contribution in [2.75, 3.05) is 26.7 Å². The van der Waals surface area contributed by atoms with Gasteiger partial charge in [0.15, 0.2) is 0 Å². The van der Waals surface area contributed by atoms with Crippen molar-refractivity contribution >= 4 is 41.4 Å². The predicted octanol–water partition coefficient (Wildman–Crippen LogP) is 6.66. The predicted molar refractivity (Wildman–Crippen MR) is 272 cm³/mol. The molecule has 12 atom stereocenters. The van der Waals surface area contributed by atoms with Crippen molar-refractivity contribution in [3.63, 3.8) is 0 Å². The summed E-state index contributed by atoms with van der Waals surface area (Å²) in [7, 11) is 1.82. The van der Waals surface area contributed by atoms with Crippen LogP contribution in [0.1, 0.15) is 164 Å². The highest BCUT2D eigenvalue weighted by atomic mass is 16.5. The smallest absolute Gasteiger partial charge is 0.325 e. The molecule has 8 unspecified atom stereocenters. The van der Waals surface area contributed by atoms with Gasteiger partial charge in [-0.25, -0.2) is 0 Å². The highest BCUT2D eigenvalue weighted by Crippen LogP contribution is 2.67. The number of esters is 1. The molecule has 394 valence electrons. The highest BCUT2D eigenvalue weighted by molar-refractivity contribution is 5.99. The van der Waals surface area contributed by atoms with Crippen LogP contribution in [0.15, 0.2) is 35.7 Å². The molecule has 0 aromatic carbocycles. The number of fused-ring (bicyclic) bond motifs is 5. The third-order valence-corrected chi connectivity index (χ3v) is 18.3. The molecule has 71 heavy (non-hydrogen) atoms. The second kappa shape index (κ2) is 23.0. The molecule has 2 saturated heterocycles. The number of likely N-dealkylation sites (tertiary alicyclic amines) is 2. The van der Waals surface area contributed by atoms with Gasteiger partial charge in [-0.1, -0.05) is 79.0 Å². The number of primary amides is 1. The average Bonchev–Trinajstić information content (AvgIpc) is 4.10. The van der Waals surface area contributed by atoms with Crippen molar-refractivity contribution in [1.29, 1.82) is 0 Å². The van der Waals surface area contributed by atoms with Crippen LogP contribution in [-0.4, -0.2) is 113 Å². The molecule has 7 aliphatic rings. The zero-order valence-electron chi connectivity index (χ0n) is 44.3. The molecule has 3 heterocycles. The Morgan fingerprint density at radius 2 is 1.52 bits per heavy atom. The normalized spacial score (nSPS) is 31.4. The number of nitrogens with two attached hydrogens (primary N) is 1. The molecule has 15 heteroatoms. The molecule has 3 aliphatic heterocycles. The van der Waals surface area contributed by atoms with E-state index in [1.54, 1.807) is 11.1 Å². The van der Waals surface area contributed by atoms with E-state index >= 15 is 0 Å². The number of ether oxygens (including phenoxy) is 1. The molecule has 3 saturated carbocycles. The Bertz CT molecular complexity index is 2100. The molecule has 7 rings (SSSR count). The summed E-state index contributed by atoms with van der Waals surface area (Å²) in [4.78, 5) is 99.6. The van der Waals surface area contributed by atoms with Gasteiger partial charge in [-0.05, 0) is 148 Å². The number of carbonyl (C=O) groups is 7. The number of rotatable bonds is 19. The van der Waals surface area contributed by atoms with Crippen molar-refractivity contribution in [2.45, 2.75) is 194 Å². The van der Waals surface area contributed by atoms with E-state index in [9.17, 15) is 33.6 Å². The number of nitrogens with zero attached hydrogens (tertiary/aromatic N) is 3. The molecule has 15 nitrogen and oxygen atoms in total. The maximum absolute atomic E-state index is 14.3. The van der Waals surface area contributed by atoms with Crippen LogP contribution in [0, 0.1) is 52.3 Å². The van der Waals surface area contributed by atoms with Gasteiger partial charge >= 0.3 is 5.97 Å². The SMILES string of the molecule is CC(C)CCC(C)C1CCC2C3CC=C4CC(OC(=O)CNC(=O)[C@@H]5CCCN5C(=O)[C@H](CC(C)C)NC(=O)[C@H](CCC(N)=O)NC(=O)[C@@H]5CCCN5C(=O)C5=CN(C)C=CC5)CCC4(C)C3CCC12C. The molecule has 0 bridgehead atoms. The molecule has 4 aliphatic carbocycles. The molecular weight excluding hydrogens is 899 g/mol. The average molecular weight is 986 g/mol. The van der Waals surface area contributed by atoms with Crippen LogP contribution >= 0.6 is 0 Å². The largest absolute Gasteiger partial charge is 0.461 e. The van der Waals surface area contributed by atoms with E-state index in [0.717, 1.165) is 49.4 Å². The number of allylic oxidation sites excluding steroid dienone is 2. The quantitative estimate of drug-likeness (QED) is 0.0807. The molecule has 0 spiro atoms. The molecule has 5 fully saturated rings. The van der Waals surface area contributed by atoms with Crippen LogP contribution < -0.4 is 21.7 Å². The van der Waals surface area contributed by atoms with E-state index in [1.165, 1.54) is 53.9 Å². The van der Waals surface area contributed by atoms with Gasteiger partial charge in [-0.15, -0.1) is 0 Å². The van der Waals surface area contributed by atoms with Crippen molar-refractivity contribution < 1.29 is 38.3 Å². The Labute approximate surface area is 423 Å². The lowest BCUT2D eigenvalue weighted by Gasteiger charge is -2.58. The minimum atomic E-state index is -1.22. The van der Waals surface area contributed by atoms with Gasteiger partial charge in [0.25, 0.3) is 5.91 Å². The second-order valence-electron chi connectivity index (χ2n) is 24.0. The van der Waals surface area contributed by atoms with Crippen LogP contribution in [0.3, 0.4) is 0 Å². The lowest BCUT2D eigenvalue weighted by Crippen LogP contribution is -2.58. The van der Waals surface area contributed by atoms with Gasteiger partial charge in [0.1, 0.15) is 36.8 Å². The fraction of sp³-hybridized carbons (Fsp3) is 0.768. The lowest BCUT2D eigenvalue weighted by molar-refractivity contribution is -0.152. The van der Waals surface area contributed by atoms with Crippen molar-refractivity contribution in [2.24, 2.45) is 58.0 Å². The van der Waals surface area contributed by atoms with Crippen LogP contribution in [0.25, 0.3) is 0 Å². The standard InChI is InChI=1S/C56H87N7O8/c1-34(2)15-16-36(5)41-19-20-42-40-18-17-38-31-39(23-25-55(38,6)43(40)24-26-56(41,42)7)71-49(65)32-58-51(67)46-13-10-29-63(46)54(70)45(30-35(3)4)60-50(66)44(21-22-48(57)64)59-52(68)47-14-11-28-62(47)53(69)37-12-9-27-61(8)33-37/h9,17,27,33-36,39-47H,10-16,18-26,28-32H2,1-8H3,(H2,57,64)(H,58,67)(H,59,68)(H,60,66)/t36?,39?,40?,41?,42?,43?,44-,45-,46-,47-,55?,56?/m0/s1. The summed E-state index contributed by atoms with van der Waals surface area (Å²) in [5, 5.41) is 8.38. The minimum Gasteiger partial charge on any atom is -0.461 e. The molecule has 0 aromatic rings. The van der Waals surface area contributed by atoms with Gasteiger partial charge in [0.2, 0.25) is 29.5 Å². The van der Waals surface area contributed by atoms with Crippen LogP contribution in [0.5, 0.6) is 0 Å². The topological polar surface area (TPSA) is 201 Å². The Morgan fingerprint density at radius 3 is 2.21 bits per heavy atom. The fourth-order valence-electron chi connectivity index (χ4n) is 14.6. The van der Waals surface area contributed by atoms with Gasteiger partial charge < -0.3 is 41.1 Å². The lowest BCUT2D eigenvalue weighted by atomic mass is 9.47. The maximum atomic E-state index is 14.3. The number of hydrogen-bond acceptors (Lipinski definition) is 9. The van der Waals surface area contributed by atoms with E-state index in [0.29, 0.717) is 61.5 Å². The van der Waals surface area contributed by atoms with Gasteiger partial charge in [0.05, 0.1) is 0 Å². The van der Waals surface area contributed by atoms with Crippen LogP contribution in [0.2, 0.25) is 0 Å². The highest BCUT2D eigenvalue weighted by Gasteiger charge is 2.59. The van der Waals surface area contributed by atoms with E-state index in [1.807, 2.05) is 33.2 Å². The van der Waals surface area contributed by atoms with E-state index < -0.39 is 59.7 Å². The zero-order chi connectivity index (χ0) is 51.4. The molecular formula is C56H87N7O8. The zero-order valence-corrected chi connectivity index (χ0v) is 44.3. The van der Waals surface area contributed by atoms with Crippen LogP contribution in [0.4, 0.5) is 0 Å². The molecule has 6 amide bonds. The van der Waals surface area contributed by atoms with Gasteiger partial charge in [0, 0.05) is 44.8 Å². The first-order valence-electron chi connectivity index (χ1n) is 27.5. The minimum absolute atomic E-state index is 0.0382. The molecule has 0 aromatic heterocycles. The molecule has 0 radical (unpaired) electrons. The summed E-state index contributed by atoms with van der Waals surface area (Å²) in [6.07, 6.45) is 21.6. The number of amides is 6. The summed E-state index contributed by atoms with van der Waals surface area (Å²) in [6.45, 7) is 16.5. The van der Waals surface area contributed by atoms with E-state index in [-0.39, 0.29) is 55.7 Å². The summed E-state index contributed by atoms with van der Waals surface area (Å²) in [5.41, 5.74) is 8.02. The van der Waals surface area contributed by atoms with Crippen molar-refractivity contribution in [3.05, 3.63) is 35.7 Å². The summed E-state index contributed by atoms with van der Waals surface area (Å²) in [5.74, 6) is 0.946. The Hall–Kier alpha value is -4.69. The Kier molecular flexibility index (Phi) is 17.5. The second-order valence-corrected chi connectivity index (χ2v) is 24.0. The third kappa shape index (κ3) is 12.2.